The first-order valence-electron chi connectivity index (χ1n) is 5.79. The molecule has 0 amide bonds. The minimum atomic E-state index is 0.541. The molecule has 0 aliphatic carbocycles. The Bertz CT molecular complexity index is 603. The molecule has 1 aliphatic rings. The fraction of sp³-hybridized carbons (Fsp3) is 0.333. The lowest BCUT2D eigenvalue weighted by atomic mass is 10.2. The van der Waals surface area contributed by atoms with E-state index in [4.69, 9.17) is 21.1 Å². The van der Waals surface area contributed by atoms with Crippen LogP contribution in [0.5, 0.6) is 11.5 Å². The number of ether oxygens (including phenoxy) is 2. The summed E-state index contributed by atoms with van der Waals surface area (Å²) in [5.41, 5.74) is 1.07. The third-order valence-electron chi connectivity index (χ3n) is 2.69. The van der Waals surface area contributed by atoms with E-state index < -0.39 is 0 Å². The molecule has 100 valence electrons. The molecule has 0 unspecified atom stereocenters. The largest absolute Gasteiger partial charge is 0.486 e. The van der Waals surface area contributed by atoms with Crippen molar-refractivity contribution in [3.63, 3.8) is 0 Å². The van der Waals surface area contributed by atoms with Gasteiger partial charge in [0.15, 0.2) is 16.7 Å². The molecule has 5 nitrogen and oxygen atoms in total. The van der Waals surface area contributed by atoms with E-state index in [1.54, 1.807) is 18.1 Å². The first-order chi connectivity index (χ1) is 9.24. The van der Waals surface area contributed by atoms with Gasteiger partial charge in [-0.3, -0.25) is 0 Å². The second-order valence-electron chi connectivity index (χ2n) is 4.11. The summed E-state index contributed by atoms with van der Waals surface area (Å²) >= 11 is 7.79. The van der Waals surface area contributed by atoms with Crippen LogP contribution in [0.4, 0.5) is 0 Å². The van der Waals surface area contributed by atoms with E-state index in [2.05, 4.69) is 10.2 Å². The number of hydrogen-bond donors (Lipinski definition) is 0. The molecule has 19 heavy (non-hydrogen) atoms. The van der Waals surface area contributed by atoms with Crippen LogP contribution in [0.1, 0.15) is 5.56 Å². The summed E-state index contributed by atoms with van der Waals surface area (Å²) in [6, 6.07) is 3.86. The smallest absolute Gasteiger partial charge is 0.191 e. The highest BCUT2D eigenvalue weighted by Crippen LogP contribution is 2.39. The fourth-order valence-corrected chi connectivity index (χ4v) is 2.90. The lowest BCUT2D eigenvalue weighted by Crippen LogP contribution is -2.15. The maximum atomic E-state index is 6.19. The maximum absolute atomic E-state index is 6.19. The van der Waals surface area contributed by atoms with Crippen LogP contribution in [-0.4, -0.2) is 28.0 Å². The third kappa shape index (κ3) is 2.64. The van der Waals surface area contributed by atoms with Crippen molar-refractivity contribution in [3.8, 4) is 11.5 Å². The van der Waals surface area contributed by atoms with Gasteiger partial charge in [-0.25, -0.2) is 0 Å². The van der Waals surface area contributed by atoms with Crippen molar-refractivity contribution < 1.29 is 9.47 Å². The highest BCUT2D eigenvalue weighted by molar-refractivity contribution is 7.98. The molecule has 1 aromatic carbocycles. The molecule has 3 rings (SSSR count). The normalized spacial score (nSPS) is 13.6. The van der Waals surface area contributed by atoms with E-state index in [1.165, 1.54) is 0 Å². The van der Waals surface area contributed by atoms with Crippen LogP contribution in [0.3, 0.4) is 0 Å². The summed E-state index contributed by atoms with van der Waals surface area (Å²) in [5, 5.41) is 9.33. The zero-order valence-electron chi connectivity index (χ0n) is 10.3. The molecule has 2 aromatic rings. The van der Waals surface area contributed by atoms with Gasteiger partial charge in [-0.05, 0) is 17.7 Å². The molecule has 0 spiro atoms. The van der Waals surface area contributed by atoms with E-state index in [0.717, 1.165) is 16.5 Å². The van der Waals surface area contributed by atoms with Crippen molar-refractivity contribution in [2.45, 2.75) is 10.9 Å². The summed E-state index contributed by atoms with van der Waals surface area (Å²) < 4.78 is 12.9. The molecular weight excluding hydrogens is 286 g/mol. The number of aryl methyl sites for hydroxylation is 1. The van der Waals surface area contributed by atoms with Gasteiger partial charge in [0.1, 0.15) is 19.5 Å². The van der Waals surface area contributed by atoms with Gasteiger partial charge in [0.25, 0.3) is 0 Å². The number of aromatic nitrogens is 3. The van der Waals surface area contributed by atoms with E-state index in [0.29, 0.717) is 29.7 Å². The number of thioether (sulfide) groups is 1. The molecule has 1 aromatic heterocycles. The van der Waals surface area contributed by atoms with Crippen LogP contribution in [0.15, 0.2) is 23.6 Å². The van der Waals surface area contributed by atoms with Gasteiger partial charge in [0.05, 0.1) is 5.02 Å². The predicted molar refractivity (Wildman–Crippen MR) is 73.0 cm³/mol. The molecule has 2 heterocycles. The van der Waals surface area contributed by atoms with Crippen molar-refractivity contribution >= 4 is 23.4 Å². The van der Waals surface area contributed by atoms with Crippen LogP contribution in [0, 0.1) is 0 Å². The van der Waals surface area contributed by atoms with Gasteiger partial charge in [-0.15, -0.1) is 10.2 Å². The zero-order valence-corrected chi connectivity index (χ0v) is 11.9. The molecule has 0 saturated heterocycles. The van der Waals surface area contributed by atoms with Crippen molar-refractivity contribution in [2.24, 2.45) is 7.05 Å². The Morgan fingerprint density at radius 1 is 1.37 bits per heavy atom. The molecule has 0 atom stereocenters. The molecule has 0 radical (unpaired) electrons. The van der Waals surface area contributed by atoms with E-state index >= 15 is 0 Å². The standard InChI is InChI=1S/C12H12ClN3O2S/c1-16-7-14-15-12(16)19-6-8-4-9(13)11-10(5-8)17-2-3-18-11/h4-5,7H,2-3,6H2,1H3. The van der Waals surface area contributed by atoms with Gasteiger partial charge in [-0.2, -0.15) is 0 Å². The summed E-state index contributed by atoms with van der Waals surface area (Å²) in [4.78, 5) is 0. The Morgan fingerprint density at radius 2 is 2.21 bits per heavy atom. The quantitative estimate of drug-likeness (QED) is 0.815. The first kappa shape index (κ1) is 12.6. The summed E-state index contributed by atoms with van der Waals surface area (Å²) in [7, 11) is 1.92. The number of halogens is 1. The average molecular weight is 298 g/mol. The summed E-state index contributed by atoms with van der Waals surface area (Å²) in [6.45, 7) is 1.10. The van der Waals surface area contributed by atoms with Gasteiger partial charge >= 0.3 is 0 Å². The first-order valence-corrected chi connectivity index (χ1v) is 7.15. The molecule has 1 aliphatic heterocycles. The average Bonchev–Trinajstić information content (AvgIpc) is 2.82. The van der Waals surface area contributed by atoms with Gasteiger partial charge in [0, 0.05) is 12.8 Å². The molecule has 0 saturated carbocycles. The fourth-order valence-electron chi connectivity index (χ4n) is 1.80. The van der Waals surface area contributed by atoms with Crippen molar-refractivity contribution in [2.75, 3.05) is 13.2 Å². The molecule has 7 heteroatoms. The third-order valence-corrected chi connectivity index (χ3v) is 4.08. The molecular formula is C12H12ClN3O2S. The van der Waals surface area contributed by atoms with Crippen LogP contribution in [0.25, 0.3) is 0 Å². The van der Waals surface area contributed by atoms with Crippen molar-refractivity contribution in [1.29, 1.82) is 0 Å². The monoisotopic (exact) mass is 297 g/mol. The SMILES string of the molecule is Cn1cnnc1SCc1cc(Cl)c2c(c1)OCCO2. The Balaban J connectivity index is 1.78. The minimum Gasteiger partial charge on any atom is -0.486 e. The van der Waals surface area contributed by atoms with Gasteiger partial charge in [0.2, 0.25) is 0 Å². The van der Waals surface area contributed by atoms with Gasteiger partial charge < -0.3 is 14.0 Å². The van der Waals surface area contributed by atoms with Crippen LogP contribution >= 0.6 is 23.4 Å². The van der Waals surface area contributed by atoms with E-state index in [1.807, 2.05) is 23.7 Å². The van der Waals surface area contributed by atoms with Gasteiger partial charge in [-0.1, -0.05) is 23.4 Å². The summed E-state index contributed by atoms with van der Waals surface area (Å²) in [6.07, 6.45) is 1.68. The lowest BCUT2D eigenvalue weighted by Gasteiger charge is -2.20. The predicted octanol–water partition coefficient (Wildman–Crippen LogP) is 2.53. The van der Waals surface area contributed by atoms with Crippen LogP contribution < -0.4 is 9.47 Å². The second kappa shape index (κ2) is 5.30. The Hall–Kier alpha value is -1.40. The van der Waals surface area contributed by atoms with E-state index in [-0.39, 0.29) is 0 Å². The number of benzene rings is 1. The second-order valence-corrected chi connectivity index (χ2v) is 5.46. The Labute approximate surface area is 119 Å². The highest BCUT2D eigenvalue weighted by atomic mass is 35.5. The molecule has 0 N–H and O–H groups in total. The van der Waals surface area contributed by atoms with E-state index in [9.17, 15) is 0 Å². The van der Waals surface area contributed by atoms with Crippen LogP contribution in [-0.2, 0) is 12.8 Å². The number of nitrogens with zero attached hydrogens (tertiary/aromatic N) is 3. The number of rotatable bonds is 3. The number of fused-ring (bicyclic) bond motifs is 1. The lowest BCUT2D eigenvalue weighted by molar-refractivity contribution is 0.171. The minimum absolute atomic E-state index is 0.541. The van der Waals surface area contributed by atoms with Crippen LogP contribution in [0.2, 0.25) is 5.02 Å². The number of hydrogen-bond acceptors (Lipinski definition) is 5. The Kier molecular flexibility index (Phi) is 3.52. The highest BCUT2D eigenvalue weighted by Gasteiger charge is 2.16. The zero-order chi connectivity index (χ0) is 13.2. The topological polar surface area (TPSA) is 49.2 Å². The Morgan fingerprint density at radius 3 is 3.00 bits per heavy atom. The molecule has 0 bridgehead atoms. The summed E-state index contributed by atoms with van der Waals surface area (Å²) in [5.74, 6) is 2.11. The molecule has 0 fully saturated rings. The van der Waals surface area contributed by atoms with Crippen molar-refractivity contribution in [1.82, 2.24) is 14.8 Å². The van der Waals surface area contributed by atoms with Crippen molar-refractivity contribution in [3.05, 3.63) is 29.0 Å². The maximum Gasteiger partial charge on any atom is 0.191 e.